The second kappa shape index (κ2) is 10.4. The topological polar surface area (TPSA) is 102 Å². The number of imide groups is 2. The second-order valence-corrected chi connectivity index (χ2v) is 9.49. The zero-order chi connectivity index (χ0) is 22.9. The van der Waals surface area contributed by atoms with Crippen LogP contribution in [0.15, 0.2) is 18.2 Å². The van der Waals surface area contributed by atoms with E-state index in [2.05, 4.69) is 20.4 Å². The standard InChI is InChI=1S/C24H31N5O4.ClH/c30-21-4-3-20(22(31)26-21)29-23(32)18-2-1-17(15-19(18)24(29)33)28-13-11-27(12-14-28)10-7-16-5-8-25-9-6-16;/h1-2,15-16,20,25H,3-14H2,(H,26,30,31);1H. The van der Waals surface area contributed by atoms with Crippen LogP contribution in [-0.2, 0) is 9.59 Å². The molecule has 0 spiro atoms. The largest absolute Gasteiger partial charge is 0.369 e. The number of carbonyl (C=O) groups excluding carboxylic acids is 4. The summed E-state index contributed by atoms with van der Waals surface area (Å²) in [5.41, 5.74) is 1.60. The Bertz CT molecular complexity index is 972. The number of benzene rings is 1. The minimum Gasteiger partial charge on any atom is -0.369 e. The molecule has 3 saturated heterocycles. The zero-order valence-corrected chi connectivity index (χ0v) is 20.1. The van der Waals surface area contributed by atoms with E-state index in [1.165, 1.54) is 19.3 Å². The van der Waals surface area contributed by atoms with E-state index in [4.69, 9.17) is 0 Å². The van der Waals surface area contributed by atoms with Gasteiger partial charge in [0.05, 0.1) is 11.1 Å². The van der Waals surface area contributed by atoms with Gasteiger partial charge in [-0.25, -0.2) is 0 Å². The molecule has 4 aliphatic rings. The molecular weight excluding hydrogens is 458 g/mol. The Morgan fingerprint density at radius 1 is 0.882 bits per heavy atom. The summed E-state index contributed by atoms with van der Waals surface area (Å²) in [5, 5.41) is 5.66. The number of anilines is 1. The fourth-order valence-corrected chi connectivity index (χ4v) is 5.42. The molecule has 4 amide bonds. The molecular formula is C24H32ClN5O4. The minimum absolute atomic E-state index is 0. The van der Waals surface area contributed by atoms with Gasteiger partial charge in [-0.2, -0.15) is 0 Å². The van der Waals surface area contributed by atoms with Gasteiger partial charge in [0, 0.05) is 38.3 Å². The molecule has 1 atom stereocenters. The van der Waals surface area contributed by atoms with Crippen LogP contribution >= 0.6 is 12.4 Å². The van der Waals surface area contributed by atoms with Crippen molar-refractivity contribution in [3.05, 3.63) is 29.3 Å². The molecule has 3 fully saturated rings. The lowest BCUT2D eigenvalue weighted by Crippen LogP contribution is -2.54. The number of nitrogens with one attached hydrogen (secondary N) is 2. The highest BCUT2D eigenvalue weighted by molar-refractivity contribution is 6.23. The Morgan fingerprint density at radius 3 is 2.29 bits per heavy atom. The normalized spacial score (nSPS) is 24.2. The molecule has 0 aromatic heterocycles. The van der Waals surface area contributed by atoms with E-state index >= 15 is 0 Å². The number of hydrogen-bond acceptors (Lipinski definition) is 7. The lowest BCUT2D eigenvalue weighted by Gasteiger charge is -2.37. The Kier molecular flexibility index (Phi) is 7.54. The molecule has 9 nitrogen and oxygen atoms in total. The Labute approximate surface area is 205 Å². The zero-order valence-electron chi connectivity index (χ0n) is 19.3. The maximum absolute atomic E-state index is 13.1. The average Bonchev–Trinajstić information content (AvgIpc) is 3.08. The molecule has 10 heteroatoms. The molecule has 1 unspecified atom stereocenters. The van der Waals surface area contributed by atoms with Crippen LogP contribution in [0.4, 0.5) is 5.69 Å². The van der Waals surface area contributed by atoms with Crippen LogP contribution < -0.4 is 15.5 Å². The van der Waals surface area contributed by atoms with E-state index < -0.39 is 23.8 Å². The quantitative estimate of drug-likeness (QED) is 0.595. The third kappa shape index (κ3) is 4.82. The van der Waals surface area contributed by atoms with Gasteiger partial charge in [-0.05, 0) is 69.4 Å². The van der Waals surface area contributed by atoms with Crippen molar-refractivity contribution in [2.45, 2.75) is 38.1 Å². The Morgan fingerprint density at radius 2 is 1.59 bits per heavy atom. The number of piperazine rings is 1. The summed E-state index contributed by atoms with van der Waals surface area (Å²) < 4.78 is 0. The molecule has 1 aromatic carbocycles. The molecule has 1 aromatic rings. The second-order valence-electron chi connectivity index (χ2n) is 9.49. The lowest BCUT2D eigenvalue weighted by molar-refractivity contribution is -0.136. The van der Waals surface area contributed by atoms with Gasteiger partial charge in [0.25, 0.3) is 11.8 Å². The number of fused-ring (bicyclic) bond motifs is 1. The van der Waals surface area contributed by atoms with E-state index in [0.717, 1.165) is 62.3 Å². The van der Waals surface area contributed by atoms with Crippen LogP contribution in [-0.4, -0.2) is 85.3 Å². The number of carbonyl (C=O) groups is 4. The molecule has 0 radical (unpaired) electrons. The van der Waals surface area contributed by atoms with Crippen molar-refractivity contribution < 1.29 is 19.2 Å². The Hall–Kier alpha value is -2.49. The van der Waals surface area contributed by atoms with E-state index in [9.17, 15) is 19.2 Å². The fraction of sp³-hybridized carbons (Fsp3) is 0.583. The van der Waals surface area contributed by atoms with Crippen LogP contribution in [0.2, 0.25) is 0 Å². The molecule has 0 saturated carbocycles. The van der Waals surface area contributed by atoms with Gasteiger partial charge in [-0.15, -0.1) is 12.4 Å². The molecule has 0 aliphatic carbocycles. The van der Waals surface area contributed by atoms with E-state index in [1.54, 1.807) is 12.1 Å². The van der Waals surface area contributed by atoms with Gasteiger partial charge in [0.1, 0.15) is 6.04 Å². The predicted octanol–water partition coefficient (Wildman–Crippen LogP) is 1.02. The van der Waals surface area contributed by atoms with Crippen LogP contribution in [0, 0.1) is 5.92 Å². The highest BCUT2D eigenvalue weighted by atomic mass is 35.5. The molecule has 0 bridgehead atoms. The van der Waals surface area contributed by atoms with Gasteiger partial charge < -0.3 is 10.2 Å². The molecule has 4 heterocycles. The van der Waals surface area contributed by atoms with Crippen LogP contribution in [0.3, 0.4) is 0 Å². The van der Waals surface area contributed by atoms with Crippen molar-refractivity contribution in [1.82, 2.24) is 20.4 Å². The Balaban J connectivity index is 0.00000274. The monoisotopic (exact) mass is 489 g/mol. The van der Waals surface area contributed by atoms with Crippen molar-refractivity contribution in [3.63, 3.8) is 0 Å². The first-order valence-corrected chi connectivity index (χ1v) is 12.0. The molecule has 34 heavy (non-hydrogen) atoms. The molecule has 5 rings (SSSR count). The summed E-state index contributed by atoms with van der Waals surface area (Å²) in [7, 11) is 0. The summed E-state index contributed by atoms with van der Waals surface area (Å²) in [6, 6.07) is 4.44. The van der Waals surface area contributed by atoms with Gasteiger partial charge in [0.15, 0.2) is 0 Å². The number of rotatable bonds is 5. The third-order valence-corrected chi connectivity index (χ3v) is 7.47. The van der Waals surface area contributed by atoms with Crippen molar-refractivity contribution in [2.75, 3.05) is 50.7 Å². The first kappa shape index (κ1) is 24.6. The van der Waals surface area contributed by atoms with E-state index in [0.29, 0.717) is 11.1 Å². The highest BCUT2D eigenvalue weighted by Crippen LogP contribution is 2.31. The highest BCUT2D eigenvalue weighted by Gasteiger charge is 2.44. The fourth-order valence-electron chi connectivity index (χ4n) is 5.42. The number of halogens is 1. The summed E-state index contributed by atoms with van der Waals surface area (Å²) in [6.45, 7) is 7.14. The third-order valence-electron chi connectivity index (χ3n) is 7.47. The lowest BCUT2D eigenvalue weighted by atomic mass is 9.94. The van der Waals surface area contributed by atoms with E-state index in [-0.39, 0.29) is 31.2 Å². The molecule has 4 aliphatic heterocycles. The number of amides is 4. The van der Waals surface area contributed by atoms with Crippen molar-refractivity contribution in [2.24, 2.45) is 5.92 Å². The summed E-state index contributed by atoms with van der Waals surface area (Å²) >= 11 is 0. The minimum atomic E-state index is -0.929. The van der Waals surface area contributed by atoms with Crippen LogP contribution in [0.1, 0.15) is 52.8 Å². The number of nitrogens with zero attached hydrogens (tertiary/aromatic N) is 3. The number of hydrogen-bond donors (Lipinski definition) is 2. The average molecular weight is 490 g/mol. The predicted molar refractivity (Wildman–Crippen MR) is 129 cm³/mol. The summed E-state index contributed by atoms with van der Waals surface area (Å²) in [6.07, 6.45) is 4.10. The maximum atomic E-state index is 13.1. The summed E-state index contributed by atoms with van der Waals surface area (Å²) in [5.74, 6) is -1.03. The van der Waals surface area contributed by atoms with E-state index in [1.807, 2.05) is 6.07 Å². The van der Waals surface area contributed by atoms with Crippen LogP contribution in [0.25, 0.3) is 0 Å². The summed E-state index contributed by atoms with van der Waals surface area (Å²) in [4.78, 5) is 55.4. The molecule has 184 valence electrons. The van der Waals surface area contributed by atoms with Crippen molar-refractivity contribution in [1.29, 1.82) is 0 Å². The first-order valence-electron chi connectivity index (χ1n) is 12.0. The van der Waals surface area contributed by atoms with Gasteiger partial charge in [-0.1, -0.05) is 0 Å². The maximum Gasteiger partial charge on any atom is 0.262 e. The van der Waals surface area contributed by atoms with Crippen molar-refractivity contribution >= 4 is 41.7 Å². The van der Waals surface area contributed by atoms with Crippen LogP contribution in [0.5, 0.6) is 0 Å². The molecule has 2 N–H and O–H groups in total. The van der Waals surface area contributed by atoms with Gasteiger partial charge in [0.2, 0.25) is 11.8 Å². The first-order chi connectivity index (χ1) is 16.0. The number of piperidine rings is 2. The SMILES string of the molecule is Cl.O=C1CCC(N2C(=O)c3ccc(N4CCN(CCC5CCNCC5)CC4)cc3C2=O)C(=O)N1. The van der Waals surface area contributed by atoms with Gasteiger partial charge in [-0.3, -0.25) is 34.3 Å². The van der Waals surface area contributed by atoms with Gasteiger partial charge >= 0.3 is 0 Å². The van der Waals surface area contributed by atoms with Crippen molar-refractivity contribution in [3.8, 4) is 0 Å². The smallest absolute Gasteiger partial charge is 0.262 e.